The van der Waals surface area contributed by atoms with Gasteiger partial charge >= 0.3 is 0 Å². The quantitative estimate of drug-likeness (QED) is 0.732. The van der Waals surface area contributed by atoms with Gasteiger partial charge in [0.05, 0.1) is 5.69 Å². The molecule has 0 unspecified atom stereocenters. The second-order valence-electron chi connectivity index (χ2n) is 5.10. The van der Waals surface area contributed by atoms with Gasteiger partial charge in [0, 0.05) is 29.0 Å². The van der Waals surface area contributed by atoms with Crippen LogP contribution in [-0.2, 0) is 16.6 Å². The van der Waals surface area contributed by atoms with E-state index in [-0.39, 0.29) is 4.90 Å². The molecule has 0 radical (unpaired) electrons. The lowest BCUT2D eigenvalue weighted by molar-refractivity contribution is 0.601. The number of H-pyrrole nitrogens is 1. The maximum absolute atomic E-state index is 12.3. The Labute approximate surface area is 132 Å². The number of nitrogens with one attached hydrogen (secondary N) is 3. The molecule has 0 aliphatic heterocycles. The van der Waals surface area contributed by atoms with E-state index in [1.54, 1.807) is 24.3 Å². The standard InChI is InChI=1S/C14H16BrN3O2S/c15-13-3-1-2-4-14(13)18-21(19,20)12-7-11(17-9-12)8-16-10-5-6-10/h1-4,7,9-10,16-18H,5-6,8H2. The van der Waals surface area contributed by atoms with E-state index in [9.17, 15) is 8.42 Å². The molecule has 5 nitrogen and oxygen atoms in total. The SMILES string of the molecule is O=S(=O)(Nc1ccccc1Br)c1c[nH]c(CNC2CC2)c1. The average Bonchev–Trinajstić information content (AvgIpc) is 3.15. The highest BCUT2D eigenvalue weighted by Gasteiger charge is 2.21. The van der Waals surface area contributed by atoms with Crippen molar-refractivity contribution in [3.63, 3.8) is 0 Å². The molecule has 1 aliphatic carbocycles. The first-order chi connectivity index (χ1) is 10.0. The third kappa shape index (κ3) is 3.66. The highest BCUT2D eigenvalue weighted by Crippen LogP contribution is 2.25. The number of rotatable bonds is 6. The highest BCUT2D eigenvalue weighted by atomic mass is 79.9. The van der Waals surface area contributed by atoms with Crippen molar-refractivity contribution >= 4 is 31.6 Å². The molecule has 0 bridgehead atoms. The van der Waals surface area contributed by atoms with Gasteiger partial charge in [-0.3, -0.25) is 4.72 Å². The Morgan fingerprint density at radius 1 is 1.29 bits per heavy atom. The van der Waals surface area contributed by atoms with Crippen LogP contribution in [0.1, 0.15) is 18.5 Å². The molecular formula is C14H16BrN3O2S. The summed E-state index contributed by atoms with van der Waals surface area (Å²) < 4.78 is 28.0. The van der Waals surface area contributed by atoms with Crippen molar-refractivity contribution in [1.82, 2.24) is 10.3 Å². The minimum atomic E-state index is -3.58. The summed E-state index contributed by atoms with van der Waals surface area (Å²) in [7, 11) is -3.58. The fraction of sp³-hybridized carbons (Fsp3) is 0.286. The largest absolute Gasteiger partial charge is 0.363 e. The molecule has 21 heavy (non-hydrogen) atoms. The predicted octanol–water partition coefficient (Wildman–Crippen LogP) is 2.83. The number of halogens is 1. The first-order valence-electron chi connectivity index (χ1n) is 6.72. The molecule has 0 spiro atoms. The van der Waals surface area contributed by atoms with Gasteiger partial charge in [-0.1, -0.05) is 12.1 Å². The molecule has 3 N–H and O–H groups in total. The highest BCUT2D eigenvalue weighted by molar-refractivity contribution is 9.10. The Morgan fingerprint density at radius 3 is 2.76 bits per heavy atom. The van der Waals surface area contributed by atoms with Crippen LogP contribution in [0.3, 0.4) is 0 Å². The van der Waals surface area contributed by atoms with Crippen LogP contribution in [0.15, 0.2) is 45.9 Å². The third-order valence-corrected chi connectivity index (χ3v) is 5.34. The number of hydrogen-bond donors (Lipinski definition) is 3. The lowest BCUT2D eigenvalue weighted by atomic mass is 10.3. The van der Waals surface area contributed by atoms with Crippen molar-refractivity contribution < 1.29 is 8.42 Å². The number of anilines is 1. The van der Waals surface area contributed by atoms with E-state index in [1.807, 2.05) is 6.07 Å². The molecule has 1 fully saturated rings. The Morgan fingerprint density at radius 2 is 2.05 bits per heavy atom. The molecule has 1 aromatic carbocycles. The summed E-state index contributed by atoms with van der Waals surface area (Å²) in [6, 6.07) is 9.37. The third-order valence-electron chi connectivity index (χ3n) is 3.30. The number of para-hydroxylation sites is 1. The topological polar surface area (TPSA) is 74.0 Å². The van der Waals surface area contributed by atoms with E-state index in [1.165, 1.54) is 19.0 Å². The summed E-state index contributed by atoms with van der Waals surface area (Å²) in [4.78, 5) is 3.24. The van der Waals surface area contributed by atoms with Gasteiger partial charge < -0.3 is 10.3 Å². The summed E-state index contributed by atoms with van der Waals surface area (Å²) in [5.41, 5.74) is 1.39. The van der Waals surface area contributed by atoms with Crippen molar-refractivity contribution in [2.45, 2.75) is 30.3 Å². The van der Waals surface area contributed by atoms with Crippen LogP contribution in [0.2, 0.25) is 0 Å². The second kappa shape index (κ2) is 5.82. The molecule has 112 valence electrons. The number of aromatic amines is 1. The molecular weight excluding hydrogens is 354 g/mol. The van der Waals surface area contributed by atoms with Crippen molar-refractivity contribution in [3.8, 4) is 0 Å². The van der Waals surface area contributed by atoms with Gasteiger partial charge in [0.2, 0.25) is 0 Å². The number of sulfonamides is 1. The summed E-state index contributed by atoms with van der Waals surface area (Å²) in [5.74, 6) is 0. The molecule has 1 aliphatic rings. The molecule has 0 amide bonds. The number of benzene rings is 1. The van der Waals surface area contributed by atoms with E-state index in [0.717, 1.165) is 5.69 Å². The first-order valence-corrected chi connectivity index (χ1v) is 9.00. The lowest BCUT2D eigenvalue weighted by Crippen LogP contribution is -2.15. The fourth-order valence-corrected chi connectivity index (χ4v) is 3.58. The molecule has 0 atom stereocenters. The van der Waals surface area contributed by atoms with Crippen LogP contribution in [0, 0.1) is 0 Å². The molecule has 2 aromatic rings. The van der Waals surface area contributed by atoms with Gasteiger partial charge in [-0.05, 0) is 47.0 Å². The van der Waals surface area contributed by atoms with Crippen molar-refractivity contribution in [1.29, 1.82) is 0 Å². The van der Waals surface area contributed by atoms with Crippen LogP contribution in [0.4, 0.5) is 5.69 Å². The molecule has 1 saturated carbocycles. The van der Waals surface area contributed by atoms with E-state index in [0.29, 0.717) is 22.7 Å². The van der Waals surface area contributed by atoms with Gasteiger partial charge in [-0.25, -0.2) is 8.42 Å². The van der Waals surface area contributed by atoms with Crippen LogP contribution in [0.5, 0.6) is 0 Å². The minimum Gasteiger partial charge on any atom is -0.363 e. The fourth-order valence-electron chi connectivity index (χ4n) is 1.97. The van der Waals surface area contributed by atoms with E-state index in [4.69, 9.17) is 0 Å². The minimum absolute atomic E-state index is 0.242. The monoisotopic (exact) mass is 369 g/mol. The van der Waals surface area contributed by atoms with Gasteiger partial charge in [0.1, 0.15) is 4.90 Å². The zero-order chi connectivity index (χ0) is 14.9. The number of hydrogen-bond acceptors (Lipinski definition) is 3. The van der Waals surface area contributed by atoms with E-state index in [2.05, 4.69) is 31.0 Å². The van der Waals surface area contributed by atoms with Crippen molar-refractivity contribution in [2.24, 2.45) is 0 Å². The second-order valence-corrected chi connectivity index (χ2v) is 7.64. The summed E-state index contributed by atoms with van der Waals surface area (Å²) >= 11 is 3.33. The molecule has 7 heteroatoms. The van der Waals surface area contributed by atoms with Gasteiger partial charge in [0.25, 0.3) is 10.0 Å². The Kier molecular flexibility index (Phi) is 4.05. The molecule has 1 aromatic heterocycles. The van der Waals surface area contributed by atoms with E-state index < -0.39 is 10.0 Å². The summed E-state index contributed by atoms with van der Waals surface area (Å²) in [6.07, 6.45) is 3.92. The normalized spacial score (nSPS) is 15.1. The van der Waals surface area contributed by atoms with Gasteiger partial charge in [-0.2, -0.15) is 0 Å². The summed E-state index contributed by atoms with van der Waals surface area (Å²) in [6.45, 7) is 0.662. The lowest BCUT2D eigenvalue weighted by Gasteiger charge is -2.07. The van der Waals surface area contributed by atoms with Crippen LogP contribution in [-0.4, -0.2) is 19.4 Å². The van der Waals surface area contributed by atoms with Crippen LogP contribution in [0.25, 0.3) is 0 Å². The first kappa shape index (κ1) is 14.6. The Balaban J connectivity index is 1.73. The van der Waals surface area contributed by atoms with Gasteiger partial charge in [-0.15, -0.1) is 0 Å². The maximum Gasteiger partial charge on any atom is 0.263 e. The zero-order valence-corrected chi connectivity index (χ0v) is 13.7. The van der Waals surface area contributed by atoms with Crippen LogP contribution >= 0.6 is 15.9 Å². The Bertz CT molecular complexity index is 738. The zero-order valence-electron chi connectivity index (χ0n) is 11.3. The van der Waals surface area contributed by atoms with E-state index >= 15 is 0 Å². The number of aromatic nitrogens is 1. The average molecular weight is 370 g/mol. The molecule has 3 rings (SSSR count). The Hall–Kier alpha value is -1.31. The van der Waals surface area contributed by atoms with Crippen molar-refractivity contribution in [2.75, 3.05) is 4.72 Å². The van der Waals surface area contributed by atoms with Crippen LogP contribution < -0.4 is 10.0 Å². The molecule has 0 saturated heterocycles. The summed E-state index contributed by atoms with van der Waals surface area (Å²) in [5, 5.41) is 3.34. The van der Waals surface area contributed by atoms with Crippen molar-refractivity contribution in [3.05, 3.63) is 46.7 Å². The van der Waals surface area contributed by atoms with Gasteiger partial charge in [0.15, 0.2) is 0 Å². The predicted molar refractivity (Wildman–Crippen MR) is 85.6 cm³/mol. The smallest absolute Gasteiger partial charge is 0.263 e. The maximum atomic E-state index is 12.3. The molecule has 1 heterocycles.